The van der Waals surface area contributed by atoms with Crippen LogP contribution in [0.15, 0.2) is 18.2 Å². The Hall–Kier alpha value is -1.95. The summed E-state index contributed by atoms with van der Waals surface area (Å²) in [6.07, 6.45) is 0.789. The maximum absolute atomic E-state index is 12.1. The second-order valence-corrected chi connectivity index (χ2v) is 5.59. The molecule has 120 valence electrons. The van der Waals surface area contributed by atoms with E-state index in [1.54, 1.807) is 0 Å². The van der Waals surface area contributed by atoms with Gasteiger partial charge in [-0.2, -0.15) is 0 Å². The van der Waals surface area contributed by atoms with E-state index < -0.39 is 0 Å². The van der Waals surface area contributed by atoms with Gasteiger partial charge >= 0.3 is 6.03 Å². The van der Waals surface area contributed by atoms with Gasteiger partial charge in [-0.15, -0.1) is 0 Å². The number of piperazine rings is 1. The number of carbonyl (C=O) groups excluding carboxylic acids is 1. The summed E-state index contributed by atoms with van der Waals surface area (Å²) in [5.41, 5.74) is 1.14. The number of nitrogens with one attached hydrogen (secondary N) is 1. The van der Waals surface area contributed by atoms with E-state index in [0.717, 1.165) is 56.2 Å². The first kappa shape index (κ1) is 15.0. The van der Waals surface area contributed by atoms with E-state index in [9.17, 15) is 4.79 Å². The number of hydrogen-bond acceptors (Lipinski definition) is 4. The second kappa shape index (κ2) is 6.87. The number of benzene rings is 1. The molecule has 6 nitrogen and oxygen atoms in total. The first-order chi connectivity index (χ1) is 10.8. The zero-order valence-corrected chi connectivity index (χ0v) is 13.0. The van der Waals surface area contributed by atoms with Crippen molar-refractivity contribution in [2.45, 2.75) is 13.3 Å². The fraction of sp³-hybridized carbons (Fsp3) is 0.562. The van der Waals surface area contributed by atoms with Crippen molar-refractivity contribution in [3.05, 3.63) is 23.8 Å². The summed E-state index contributed by atoms with van der Waals surface area (Å²) < 4.78 is 10.7. The average molecular weight is 305 g/mol. The van der Waals surface area contributed by atoms with Crippen LogP contribution in [0.1, 0.15) is 12.5 Å². The van der Waals surface area contributed by atoms with Gasteiger partial charge in [-0.05, 0) is 30.7 Å². The molecule has 0 atom stereocenters. The molecule has 0 spiro atoms. The lowest BCUT2D eigenvalue weighted by atomic mass is 10.1. The third-order valence-electron chi connectivity index (χ3n) is 4.23. The quantitative estimate of drug-likeness (QED) is 0.911. The molecule has 0 aliphatic carbocycles. The van der Waals surface area contributed by atoms with Crippen molar-refractivity contribution in [1.82, 2.24) is 15.1 Å². The Labute approximate surface area is 131 Å². The Bertz CT molecular complexity index is 527. The lowest BCUT2D eigenvalue weighted by molar-refractivity contribution is 0.143. The van der Waals surface area contributed by atoms with Crippen LogP contribution in [0.25, 0.3) is 0 Å². The molecule has 2 amide bonds. The van der Waals surface area contributed by atoms with E-state index in [0.29, 0.717) is 13.3 Å². The molecule has 1 fully saturated rings. The largest absolute Gasteiger partial charge is 0.454 e. The molecule has 0 aromatic heterocycles. The Morgan fingerprint density at radius 3 is 2.73 bits per heavy atom. The summed E-state index contributed by atoms with van der Waals surface area (Å²) in [4.78, 5) is 16.4. The summed E-state index contributed by atoms with van der Waals surface area (Å²) in [5.74, 6) is 1.58. The fourth-order valence-electron chi connectivity index (χ4n) is 2.79. The molecule has 0 bridgehead atoms. The average Bonchev–Trinajstić information content (AvgIpc) is 3.02. The molecule has 1 aromatic carbocycles. The van der Waals surface area contributed by atoms with Crippen LogP contribution in [0, 0.1) is 0 Å². The van der Waals surface area contributed by atoms with Crippen molar-refractivity contribution < 1.29 is 14.3 Å². The molecular weight excluding hydrogens is 282 g/mol. The fourth-order valence-corrected chi connectivity index (χ4v) is 2.79. The van der Waals surface area contributed by atoms with Gasteiger partial charge in [0, 0.05) is 32.7 Å². The van der Waals surface area contributed by atoms with Crippen molar-refractivity contribution in [3.8, 4) is 11.5 Å². The molecule has 1 saturated heterocycles. The zero-order chi connectivity index (χ0) is 15.4. The molecule has 0 unspecified atom stereocenters. The van der Waals surface area contributed by atoms with Gasteiger partial charge in [0.15, 0.2) is 11.5 Å². The lowest BCUT2D eigenvalue weighted by Crippen LogP contribution is -2.51. The number of rotatable bonds is 4. The van der Waals surface area contributed by atoms with Gasteiger partial charge in [-0.1, -0.05) is 13.0 Å². The summed E-state index contributed by atoms with van der Waals surface area (Å²) >= 11 is 0. The molecule has 0 radical (unpaired) electrons. The van der Waals surface area contributed by atoms with Gasteiger partial charge < -0.3 is 24.6 Å². The summed E-state index contributed by atoms with van der Waals surface area (Å²) in [5, 5.41) is 3.00. The highest BCUT2D eigenvalue weighted by atomic mass is 16.7. The van der Waals surface area contributed by atoms with E-state index in [-0.39, 0.29) is 6.03 Å². The number of hydrogen-bond donors (Lipinski definition) is 1. The number of carbonyl (C=O) groups is 1. The summed E-state index contributed by atoms with van der Waals surface area (Å²) in [7, 11) is 0. The van der Waals surface area contributed by atoms with Crippen LogP contribution in [-0.4, -0.2) is 61.9 Å². The monoisotopic (exact) mass is 305 g/mol. The van der Waals surface area contributed by atoms with Crippen molar-refractivity contribution in [3.63, 3.8) is 0 Å². The molecule has 1 N–H and O–H groups in total. The number of likely N-dealkylation sites (N-methyl/N-ethyl adjacent to an activating group) is 1. The number of nitrogens with zero attached hydrogens (tertiary/aromatic N) is 2. The van der Waals surface area contributed by atoms with E-state index in [1.165, 1.54) is 0 Å². The van der Waals surface area contributed by atoms with Crippen LogP contribution in [-0.2, 0) is 6.42 Å². The lowest BCUT2D eigenvalue weighted by Gasteiger charge is -2.34. The number of amides is 2. The molecule has 6 heteroatoms. The smallest absolute Gasteiger partial charge is 0.317 e. The van der Waals surface area contributed by atoms with Crippen molar-refractivity contribution in [1.29, 1.82) is 0 Å². The van der Waals surface area contributed by atoms with E-state index in [4.69, 9.17) is 9.47 Å². The van der Waals surface area contributed by atoms with Gasteiger partial charge in [0.05, 0.1) is 0 Å². The molecule has 3 rings (SSSR count). The Morgan fingerprint density at radius 2 is 1.95 bits per heavy atom. The SMILES string of the molecule is CCN1CCN(C(=O)NCCc2ccc3c(c2)OCO3)CC1. The molecule has 2 aliphatic heterocycles. The maximum Gasteiger partial charge on any atom is 0.317 e. The van der Waals surface area contributed by atoms with Crippen molar-refractivity contribution >= 4 is 6.03 Å². The minimum absolute atomic E-state index is 0.0384. The second-order valence-electron chi connectivity index (χ2n) is 5.59. The number of fused-ring (bicyclic) bond motifs is 1. The summed E-state index contributed by atoms with van der Waals surface area (Å²) in [6.45, 7) is 7.68. The molecular formula is C16H23N3O3. The molecule has 2 aliphatic rings. The van der Waals surface area contributed by atoms with Crippen LogP contribution in [0.5, 0.6) is 11.5 Å². The van der Waals surface area contributed by atoms with Crippen molar-refractivity contribution in [2.75, 3.05) is 46.1 Å². The number of ether oxygens (including phenoxy) is 2. The number of urea groups is 1. The highest BCUT2D eigenvalue weighted by Gasteiger charge is 2.19. The highest BCUT2D eigenvalue weighted by molar-refractivity contribution is 5.74. The summed E-state index contributed by atoms with van der Waals surface area (Å²) in [6, 6.07) is 5.95. The molecule has 0 saturated carbocycles. The molecule has 2 heterocycles. The first-order valence-corrected chi connectivity index (χ1v) is 7.90. The van der Waals surface area contributed by atoms with E-state index in [2.05, 4.69) is 17.1 Å². The van der Waals surface area contributed by atoms with Gasteiger partial charge in [-0.3, -0.25) is 0 Å². The van der Waals surface area contributed by atoms with Gasteiger partial charge in [-0.25, -0.2) is 4.79 Å². The predicted octanol–water partition coefficient (Wildman–Crippen LogP) is 1.30. The Kier molecular flexibility index (Phi) is 4.68. The third kappa shape index (κ3) is 3.44. The Balaban J connectivity index is 1.42. The zero-order valence-electron chi connectivity index (χ0n) is 13.0. The van der Waals surface area contributed by atoms with Crippen LogP contribution in [0.3, 0.4) is 0 Å². The van der Waals surface area contributed by atoms with E-state index in [1.807, 2.05) is 23.1 Å². The topological polar surface area (TPSA) is 54.0 Å². The minimum Gasteiger partial charge on any atom is -0.454 e. The Morgan fingerprint density at radius 1 is 1.18 bits per heavy atom. The first-order valence-electron chi connectivity index (χ1n) is 7.90. The van der Waals surface area contributed by atoms with Gasteiger partial charge in [0.25, 0.3) is 0 Å². The van der Waals surface area contributed by atoms with Crippen LogP contribution in [0.4, 0.5) is 4.79 Å². The normalized spacial score (nSPS) is 17.6. The van der Waals surface area contributed by atoms with Crippen molar-refractivity contribution in [2.24, 2.45) is 0 Å². The van der Waals surface area contributed by atoms with Gasteiger partial charge in [0.2, 0.25) is 6.79 Å². The van der Waals surface area contributed by atoms with Gasteiger partial charge in [0.1, 0.15) is 0 Å². The maximum atomic E-state index is 12.1. The van der Waals surface area contributed by atoms with Crippen LogP contribution < -0.4 is 14.8 Å². The molecule has 1 aromatic rings. The highest BCUT2D eigenvalue weighted by Crippen LogP contribution is 2.32. The predicted molar refractivity (Wildman–Crippen MR) is 83.4 cm³/mol. The van der Waals surface area contributed by atoms with Crippen LogP contribution in [0.2, 0.25) is 0 Å². The minimum atomic E-state index is 0.0384. The standard InChI is InChI=1S/C16H23N3O3/c1-2-18-7-9-19(10-8-18)16(20)17-6-5-13-3-4-14-15(11-13)22-12-21-14/h3-4,11H,2,5-10,12H2,1H3,(H,17,20). The third-order valence-corrected chi connectivity index (χ3v) is 4.23. The van der Waals surface area contributed by atoms with Crippen LogP contribution >= 0.6 is 0 Å². The molecule has 22 heavy (non-hydrogen) atoms. The van der Waals surface area contributed by atoms with E-state index >= 15 is 0 Å².